The van der Waals surface area contributed by atoms with Gasteiger partial charge in [-0.05, 0) is 71.6 Å². The summed E-state index contributed by atoms with van der Waals surface area (Å²) in [5, 5.41) is 9.33. The molecule has 0 aliphatic heterocycles. The van der Waals surface area contributed by atoms with Gasteiger partial charge in [0.15, 0.2) is 11.6 Å². The summed E-state index contributed by atoms with van der Waals surface area (Å²) in [6, 6.07) is 17.3. The van der Waals surface area contributed by atoms with Crippen molar-refractivity contribution in [3.05, 3.63) is 89.0 Å². The van der Waals surface area contributed by atoms with Gasteiger partial charge in [0.25, 0.3) is 0 Å². The minimum atomic E-state index is -0.933. The zero-order chi connectivity index (χ0) is 27.4. The smallest absolute Gasteiger partial charge is 0.303 e. The van der Waals surface area contributed by atoms with E-state index >= 15 is 4.39 Å². The monoisotopic (exact) mass is 522 g/mol. The highest BCUT2D eigenvalue weighted by Gasteiger charge is 2.36. The largest absolute Gasteiger partial charge is 0.486 e. The van der Waals surface area contributed by atoms with Crippen molar-refractivity contribution >= 4 is 5.97 Å². The number of carbonyl (C=O) groups is 1. The van der Waals surface area contributed by atoms with E-state index in [1.54, 1.807) is 36.4 Å². The number of rotatable bonds is 11. The normalized spacial score (nSPS) is 15.2. The summed E-state index contributed by atoms with van der Waals surface area (Å²) in [5.41, 5.74) is 3.00. The fourth-order valence-corrected chi connectivity index (χ4v) is 5.12. The molecule has 0 amide bonds. The van der Waals surface area contributed by atoms with Crippen LogP contribution in [0.4, 0.5) is 8.78 Å². The molecule has 0 spiro atoms. The highest BCUT2D eigenvalue weighted by atomic mass is 19.1. The van der Waals surface area contributed by atoms with E-state index in [0.717, 1.165) is 29.5 Å². The molecule has 4 nitrogen and oxygen atoms in total. The first kappa shape index (κ1) is 27.8. The van der Waals surface area contributed by atoms with Crippen LogP contribution in [-0.4, -0.2) is 17.7 Å². The van der Waals surface area contributed by atoms with Gasteiger partial charge in [0, 0.05) is 18.1 Å². The molecule has 4 rings (SSSR count). The van der Waals surface area contributed by atoms with Crippen LogP contribution >= 0.6 is 0 Å². The van der Waals surface area contributed by atoms with Crippen LogP contribution < -0.4 is 4.74 Å². The summed E-state index contributed by atoms with van der Waals surface area (Å²) in [4.78, 5) is 11.4. The molecule has 38 heavy (non-hydrogen) atoms. The molecular weight excluding hydrogens is 486 g/mol. The van der Waals surface area contributed by atoms with Crippen LogP contribution in [-0.2, 0) is 16.1 Å². The van der Waals surface area contributed by atoms with Gasteiger partial charge in [0.1, 0.15) is 12.4 Å². The van der Waals surface area contributed by atoms with Crippen LogP contribution in [0.1, 0.15) is 75.7 Å². The molecule has 3 aromatic rings. The van der Waals surface area contributed by atoms with Crippen LogP contribution in [0.25, 0.3) is 11.1 Å². The number of aliphatic carboxylic acids is 1. The van der Waals surface area contributed by atoms with Crippen molar-refractivity contribution in [1.82, 2.24) is 0 Å². The Labute approximate surface area is 223 Å². The number of hydrogen-bond donors (Lipinski definition) is 1. The summed E-state index contributed by atoms with van der Waals surface area (Å²) in [5.74, 6) is -1.82. The molecule has 202 valence electrons. The summed E-state index contributed by atoms with van der Waals surface area (Å²) in [6.45, 7) is 8.77. The van der Waals surface area contributed by atoms with Crippen LogP contribution in [0.5, 0.6) is 5.75 Å². The maximum Gasteiger partial charge on any atom is 0.303 e. The molecule has 0 radical (unpaired) electrons. The minimum Gasteiger partial charge on any atom is -0.486 e. The van der Waals surface area contributed by atoms with Crippen LogP contribution in [0.3, 0.4) is 0 Å². The highest BCUT2D eigenvalue weighted by Crippen LogP contribution is 2.46. The summed E-state index contributed by atoms with van der Waals surface area (Å²) < 4.78 is 42.4. The molecule has 1 aliphatic carbocycles. The van der Waals surface area contributed by atoms with Gasteiger partial charge in [-0.25, -0.2) is 8.78 Å². The van der Waals surface area contributed by atoms with Gasteiger partial charge in [-0.1, -0.05) is 63.2 Å². The van der Waals surface area contributed by atoms with Crippen molar-refractivity contribution in [2.45, 2.75) is 65.6 Å². The summed E-state index contributed by atoms with van der Waals surface area (Å²) in [7, 11) is 0. The van der Waals surface area contributed by atoms with E-state index in [-0.39, 0.29) is 47.9 Å². The molecule has 2 atom stereocenters. The number of hydrogen-bond acceptors (Lipinski definition) is 3. The number of carboxylic acids is 1. The first-order valence-electron chi connectivity index (χ1n) is 13.2. The Bertz CT molecular complexity index is 1280. The lowest BCUT2D eigenvalue weighted by atomic mass is 9.81. The quantitative estimate of drug-likeness (QED) is 0.275. The van der Waals surface area contributed by atoms with E-state index in [1.807, 2.05) is 25.1 Å². The SMILES string of the molecule is CCO[C@@H](c1cc(COc2cccc([C@@H](CC(=O)O)C3CC3)c2F)ccc1-c1ccccc1F)C(C)(C)C. The van der Waals surface area contributed by atoms with Gasteiger partial charge < -0.3 is 14.6 Å². The first-order valence-corrected chi connectivity index (χ1v) is 13.2. The molecule has 3 aromatic carbocycles. The third kappa shape index (κ3) is 6.41. The van der Waals surface area contributed by atoms with Gasteiger partial charge >= 0.3 is 5.97 Å². The third-order valence-corrected chi connectivity index (χ3v) is 7.05. The van der Waals surface area contributed by atoms with E-state index in [9.17, 15) is 14.3 Å². The molecule has 1 fully saturated rings. The van der Waals surface area contributed by atoms with Crippen molar-refractivity contribution in [2.75, 3.05) is 6.61 Å². The third-order valence-electron chi connectivity index (χ3n) is 7.05. The molecule has 0 saturated heterocycles. The summed E-state index contributed by atoms with van der Waals surface area (Å²) >= 11 is 0. The van der Waals surface area contributed by atoms with Crippen molar-refractivity contribution in [3.8, 4) is 16.9 Å². The van der Waals surface area contributed by atoms with Gasteiger partial charge in [-0.15, -0.1) is 0 Å². The predicted molar refractivity (Wildman–Crippen MR) is 144 cm³/mol. The topological polar surface area (TPSA) is 55.8 Å². The minimum absolute atomic E-state index is 0.0930. The molecule has 1 saturated carbocycles. The number of halogens is 2. The molecule has 0 bridgehead atoms. The zero-order valence-electron chi connectivity index (χ0n) is 22.5. The standard InChI is InChI=1S/C32H36F2O4/c1-5-37-31(32(2,3)4)26-17-20(13-16-22(26)23-9-6-7-11-27(23)33)19-38-28-12-8-10-24(30(28)34)25(18-29(35)36)21-14-15-21/h6-13,16-17,21,25,31H,5,14-15,18-19H2,1-4H3,(H,35,36)/t25-,31-/m0/s1. The van der Waals surface area contributed by atoms with E-state index in [2.05, 4.69) is 20.8 Å². The Kier molecular flexibility index (Phi) is 8.51. The maximum absolute atomic E-state index is 15.5. The van der Waals surface area contributed by atoms with Gasteiger partial charge in [0.2, 0.25) is 0 Å². The average Bonchev–Trinajstić information content (AvgIpc) is 3.70. The highest BCUT2D eigenvalue weighted by molar-refractivity contribution is 5.69. The molecule has 0 aromatic heterocycles. The Balaban J connectivity index is 1.66. The van der Waals surface area contributed by atoms with Crippen molar-refractivity contribution in [2.24, 2.45) is 11.3 Å². The van der Waals surface area contributed by atoms with Gasteiger partial charge in [-0.3, -0.25) is 4.79 Å². The molecule has 1 aliphatic rings. The Morgan fingerprint density at radius 1 is 1.00 bits per heavy atom. The summed E-state index contributed by atoms with van der Waals surface area (Å²) in [6.07, 6.45) is 1.41. The van der Waals surface area contributed by atoms with E-state index in [4.69, 9.17) is 9.47 Å². The number of ether oxygens (including phenoxy) is 2. The van der Waals surface area contributed by atoms with Gasteiger partial charge in [0.05, 0.1) is 12.5 Å². The second kappa shape index (κ2) is 11.6. The maximum atomic E-state index is 15.5. The Hall–Kier alpha value is -3.25. The van der Waals surface area contributed by atoms with Crippen LogP contribution in [0, 0.1) is 23.0 Å². The fraction of sp³-hybridized carbons (Fsp3) is 0.406. The number of benzene rings is 3. The van der Waals surface area contributed by atoms with Crippen LogP contribution in [0.15, 0.2) is 60.7 Å². The lowest BCUT2D eigenvalue weighted by Crippen LogP contribution is -2.22. The molecule has 6 heteroatoms. The second-order valence-corrected chi connectivity index (χ2v) is 11.1. The van der Waals surface area contributed by atoms with E-state index in [0.29, 0.717) is 17.7 Å². The molecule has 0 heterocycles. The fourth-order valence-electron chi connectivity index (χ4n) is 5.12. The van der Waals surface area contributed by atoms with E-state index < -0.39 is 11.8 Å². The van der Waals surface area contributed by atoms with Crippen molar-refractivity contribution in [1.29, 1.82) is 0 Å². The average molecular weight is 523 g/mol. The molecule has 1 N–H and O–H groups in total. The van der Waals surface area contributed by atoms with Crippen molar-refractivity contribution < 1.29 is 28.2 Å². The van der Waals surface area contributed by atoms with Gasteiger partial charge in [-0.2, -0.15) is 0 Å². The number of carboxylic acid groups (broad SMARTS) is 1. The Morgan fingerprint density at radius 3 is 2.37 bits per heavy atom. The van der Waals surface area contributed by atoms with Crippen LogP contribution in [0.2, 0.25) is 0 Å². The first-order chi connectivity index (χ1) is 18.1. The zero-order valence-corrected chi connectivity index (χ0v) is 22.5. The molecule has 0 unspecified atom stereocenters. The Morgan fingerprint density at radius 2 is 1.74 bits per heavy atom. The predicted octanol–water partition coefficient (Wildman–Crippen LogP) is 8.30. The van der Waals surface area contributed by atoms with Crippen molar-refractivity contribution in [3.63, 3.8) is 0 Å². The van der Waals surface area contributed by atoms with E-state index in [1.165, 1.54) is 6.07 Å². The lowest BCUT2D eigenvalue weighted by molar-refractivity contribution is -0.137. The molecular formula is C32H36F2O4. The second-order valence-electron chi connectivity index (χ2n) is 11.1. The lowest BCUT2D eigenvalue weighted by Gasteiger charge is -2.32.